The number of carbonyl (C=O) groups excluding carboxylic acids is 1. The van der Waals surface area contributed by atoms with Gasteiger partial charge in [-0.3, -0.25) is 4.79 Å². The second kappa shape index (κ2) is 9.98. The van der Waals surface area contributed by atoms with Crippen LogP contribution in [0.4, 0.5) is 0 Å². The summed E-state index contributed by atoms with van der Waals surface area (Å²) in [5.41, 5.74) is 1.47. The van der Waals surface area contributed by atoms with Crippen LogP contribution in [0.25, 0.3) is 6.08 Å². The van der Waals surface area contributed by atoms with Gasteiger partial charge in [0.1, 0.15) is 13.2 Å². The fourth-order valence-electron chi connectivity index (χ4n) is 3.06. The highest BCUT2D eigenvalue weighted by atomic mass is 32.2. The molecule has 0 unspecified atom stereocenters. The lowest BCUT2D eigenvalue weighted by atomic mass is 9.84. The highest BCUT2D eigenvalue weighted by molar-refractivity contribution is 7.92. The molecule has 0 atom stereocenters. The molecule has 1 heterocycles. The van der Waals surface area contributed by atoms with E-state index in [1.165, 1.54) is 6.08 Å². The zero-order valence-electron chi connectivity index (χ0n) is 17.8. The van der Waals surface area contributed by atoms with Gasteiger partial charge in [-0.05, 0) is 29.3 Å². The molecule has 3 rings (SSSR count). The van der Waals surface area contributed by atoms with Gasteiger partial charge >= 0.3 is 0 Å². The Balaban J connectivity index is 1.45. The Morgan fingerprint density at radius 1 is 1.06 bits per heavy atom. The Kier molecular flexibility index (Phi) is 7.35. The molecule has 166 valence electrons. The normalized spacial score (nSPS) is 13.9. The minimum absolute atomic E-state index is 0.0255. The molecule has 0 bridgehead atoms. The van der Waals surface area contributed by atoms with Crippen molar-refractivity contribution in [2.45, 2.75) is 25.7 Å². The molecule has 2 aromatic carbocycles. The summed E-state index contributed by atoms with van der Waals surface area (Å²) < 4.78 is 37.7. The summed E-state index contributed by atoms with van der Waals surface area (Å²) >= 11 is 0. The number of ether oxygens (including phenoxy) is 2. The summed E-state index contributed by atoms with van der Waals surface area (Å²) in [7, 11) is -3.61. The van der Waals surface area contributed by atoms with Crippen LogP contribution in [0.1, 0.15) is 31.4 Å². The van der Waals surface area contributed by atoms with Crippen molar-refractivity contribution in [2.75, 3.05) is 26.3 Å². The average Bonchev–Trinajstić information content (AvgIpc) is 2.77. The van der Waals surface area contributed by atoms with Crippen molar-refractivity contribution in [3.8, 4) is 11.5 Å². The smallest absolute Gasteiger partial charge is 0.233 e. The molecule has 8 heteroatoms. The summed E-state index contributed by atoms with van der Waals surface area (Å²) in [5.74, 6) is 1.21. The molecular formula is C23H28N2O5S. The molecule has 1 aliphatic heterocycles. The molecule has 0 saturated carbocycles. The molecule has 0 aromatic heterocycles. The van der Waals surface area contributed by atoms with Gasteiger partial charge in [0.05, 0.1) is 0 Å². The van der Waals surface area contributed by atoms with Crippen LogP contribution >= 0.6 is 0 Å². The van der Waals surface area contributed by atoms with Crippen LogP contribution in [0.2, 0.25) is 0 Å². The monoisotopic (exact) mass is 444 g/mol. The molecular weight excluding hydrogens is 416 g/mol. The van der Waals surface area contributed by atoms with Crippen LogP contribution in [0.15, 0.2) is 53.9 Å². The third-order valence-electron chi connectivity index (χ3n) is 4.95. The first kappa shape index (κ1) is 22.8. The highest BCUT2D eigenvalue weighted by Gasteiger charge is 2.24. The van der Waals surface area contributed by atoms with Crippen molar-refractivity contribution in [1.29, 1.82) is 0 Å². The Morgan fingerprint density at radius 3 is 2.52 bits per heavy atom. The van der Waals surface area contributed by atoms with Gasteiger partial charge < -0.3 is 14.8 Å². The first-order chi connectivity index (χ1) is 14.8. The summed E-state index contributed by atoms with van der Waals surface area (Å²) in [4.78, 5) is 12.2. The van der Waals surface area contributed by atoms with Crippen molar-refractivity contribution in [1.82, 2.24) is 10.0 Å². The highest BCUT2D eigenvalue weighted by Crippen LogP contribution is 2.34. The molecule has 1 aliphatic rings. The number of carbonyl (C=O) groups is 1. The standard InChI is InChI=1S/C23H28N2O5S/c1-23(2,19-8-9-20-21(16-19)30-14-13-29-20)17-24-22(26)10-12-25-31(27,28)15-11-18-6-4-3-5-7-18/h3-9,11,15-16,25H,10,12-14,17H2,1-2H3,(H,24,26)/b15-11+. The third-order valence-corrected chi connectivity index (χ3v) is 6.05. The molecule has 0 spiro atoms. The number of benzene rings is 2. The van der Waals surface area contributed by atoms with Crippen molar-refractivity contribution >= 4 is 22.0 Å². The van der Waals surface area contributed by atoms with E-state index in [-0.39, 0.29) is 24.3 Å². The van der Waals surface area contributed by atoms with Crippen LogP contribution in [0, 0.1) is 0 Å². The van der Waals surface area contributed by atoms with E-state index in [0.29, 0.717) is 25.5 Å². The number of sulfonamides is 1. The lowest BCUT2D eigenvalue weighted by Gasteiger charge is -2.27. The lowest BCUT2D eigenvalue weighted by Crippen LogP contribution is -2.38. The van der Waals surface area contributed by atoms with Crippen LogP contribution in [-0.4, -0.2) is 40.6 Å². The summed E-state index contributed by atoms with van der Waals surface area (Å²) in [5, 5.41) is 3.98. The van der Waals surface area contributed by atoms with Gasteiger partial charge in [0.15, 0.2) is 11.5 Å². The molecule has 31 heavy (non-hydrogen) atoms. The summed E-state index contributed by atoms with van der Waals surface area (Å²) in [6.07, 6.45) is 1.56. The predicted octanol–water partition coefficient (Wildman–Crippen LogP) is 2.83. The number of rotatable bonds is 9. The fraction of sp³-hybridized carbons (Fsp3) is 0.348. The number of hydrogen-bond acceptors (Lipinski definition) is 5. The Labute approximate surface area is 183 Å². The van der Waals surface area contributed by atoms with E-state index in [4.69, 9.17) is 9.47 Å². The predicted molar refractivity (Wildman–Crippen MR) is 120 cm³/mol. The van der Waals surface area contributed by atoms with Gasteiger partial charge in [0.2, 0.25) is 15.9 Å². The number of amides is 1. The number of fused-ring (bicyclic) bond motifs is 1. The molecule has 0 fully saturated rings. The minimum atomic E-state index is -3.61. The maximum atomic E-state index is 12.2. The van der Waals surface area contributed by atoms with Crippen molar-refractivity contribution < 1.29 is 22.7 Å². The topological polar surface area (TPSA) is 93.7 Å². The van der Waals surface area contributed by atoms with E-state index < -0.39 is 10.0 Å². The van der Waals surface area contributed by atoms with E-state index in [9.17, 15) is 13.2 Å². The third kappa shape index (κ3) is 6.83. The maximum absolute atomic E-state index is 12.2. The molecule has 0 aliphatic carbocycles. The van der Waals surface area contributed by atoms with Gasteiger partial charge in [-0.15, -0.1) is 0 Å². The molecule has 0 radical (unpaired) electrons. The van der Waals surface area contributed by atoms with Crippen LogP contribution in [0.5, 0.6) is 11.5 Å². The van der Waals surface area contributed by atoms with Crippen molar-refractivity contribution in [3.63, 3.8) is 0 Å². The molecule has 0 saturated heterocycles. The molecule has 1 amide bonds. The second-order valence-electron chi connectivity index (χ2n) is 7.92. The molecule has 2 aromatic rings. The largest absolute Gasteiger partial charge is 0.486 e. The van der Waals surface area contributed by atoms with E-state index in [1.54, 1.807) is 0 Å². The molecule has 2 N–H and O–H groups in total. The van der Waals surface area contributed by atoms with Gasteiger partial charge in [-0.1, -0.05) is 50.2 Å². The average molecular weight is 445 g/mol. The van der Waals surface area contributed by atoms with E-state index >= 15 is 0 Å². The van der Waals surface area contributed by atoms with Gasteiger partial charge in [0, 0.05) is 30.3 Å². The van der Waals surface area contributed by atoms with Crippen molar-refractivity contribution in [2.24, 2.45) is 0 Å². The van der Waals surface area contributed by atoms with E-state index in [0.717, 1.165) is 22.3 Å². The first-order valence-electron chi connectivity index (χ1n) is 10.1. The van der Waals surface area contributed by atoms with E-state index in [2.05, 4.69) is 10.0 Å². The van der Waals surface area contributed by atoms with Gasteiger partial charge in [-0.25, -0.2) is 13.1 Å². The SMILES string of the molecule is CC(C)(CNC(=O)CCNS(=O)(=O)/C=C/c1ccccc1)c1ccc2c(c1)OCCO2. The Bertz CT molecular complexity index is 1030. The first-order valence-corrected chi connectivity index (χ1v) is 11.7. The van der Waals surface area contributed by atoms with Gasteiger partial charge in [-0.2, -0.15) is 0 Å². The number of nitrogens with one attached hydrogen (secondary N) is 2. The van der Waals surface area contributed by atoms with Gasteiger partial charge in [0.25, 0.3) is 0 Å². The quantitative estimate of drug-likeness (QED) is 0.620. The minimum Gasteiger partial charge on any atom is -0.486 e. The van der Waals surface area contributed by atoms with Crippen molar-refractivity contribution in [3.05, 3.63) is 65.1 Å². The number of hydrogen-bond donors (Lipinski definition) is 2. The maximum Gasteiger partial charge on any atom is 0.233 e. The van der Waals surface area contributed by atoms with Crippen LogP contribution < -0.4 is 19.5 Å². The zero-order valence-corrected chi connectivity index (χ0v) is 18.6. The van der Waals surface area contributed by atoms with Crippen LogP contribution in [0.3, 0.4) is 0 Å². The Hall–Kier alpha value is -2.84. The Morgan fingerprint density at radius 2 is 1.77 bits per heavy atom. The zero-order chi connectivity index (χ0) is 22.3. The van der Waals surface area contributed by atoms with Crippen LogP contribution in [-0.2, 0) is 20.2 Å². The molecule has 7 nitrogen and oxygen atoms in total. The summed E-state index contributed by atoms with van der Waals surface area (Å²) in [6.45, 7) is 5.54. The second-order valence-corrected chi connectivity index (χ2v) is 9.57. The summed E-state index contributed by atoms with van der Waals surface area (Å²) in [6, 6.07) is 14.9. The van der Waals surface area contributed by atoms with E-state index in [1.807, 2.05) is 62.4 Å². The fourth-order valence-corrected chi connectivity index (χ4v) is 3.88. The lowest BCUT2D eigenvalue weighted by molar-refractivity contribution is -0.121.